The van der Waals surface area contributed by atoms with Crippen LogP contribution in [-0.4, -0.2) is 26.4 Å². The molecule has 3 aromatic rings. The van der Waals surface area contributed by atoms with E-state index in [1.165, 1.54) is 24.1 Å². The molecule has 3 heterocycles. The van der Waals surface area contributed by atoms with Gasteiger partial charge in [-0.25, -0.2) is 4.98 Å². The first-order valence-electron chi connectivity index (χ1n) is 9.32. The summed E-state index contributed by atoms with van der Waals surface area (Å²) >= 11 is 0. The molecule has 3 N–H and O–H groups in total. The monoisotopic (exact) mass is 359 g/mol. The molecule has 5 rings (SSSR count). The second-order valence-electron chi connectivity index (χ2n) is 7.14. The van der Waals surface area contributed by atoms with Crippen LogP contribution in [0.1, 0.15) is 48.5 Å². The largest absolute Gasteiger partial charge is 0.348 e. The van der Waals surface area contributed by atoms with Crippen LogP contribution in [0, 0.1) is 0 Å². The van der Waals surface area contributed by atoms with Crippen molar-refractivity contribution in [1.82, 2.24) is 20.2 Å². The highest BCUT2D eigenvalue weighted by Crippen LogP contribution is 2.39. The van der Waals surface area contributed by atoms with Crippen molar-refractivity contribution in [3.8, 4) is 0 Å². The van der Waals surface area contributed by atoms with Crippen molar-refractivity contribution >= 4 is 29.5 Å². The second kappa shape index (κ2) is 6.50. The summed E-state index contributed by atoms with van der Waals surface area (Å²) in [6.07, 6.45) is 7.11. The molecule has 1 fully saturated rings. The first kappa shape index (κ1) is 16.0. The van der Waals surface area contributed by atoms with Crippen LogP contribution < -0.4 is 10.6 Å². The zero-order valence-corrected chi connectivity index (χ0v) is 15.1. The van der Waals surface area contributed by atoms with Crippen molar-refractivity contribution in [2.24, 2.45) is 4.99 Å². The Hall–Kier alpha value is -3.22. The molecule has 1 aliphatic carbocycles. The summed E-state index contributed by atoms with van der Waals surface area (Å²) in [7, 11) is 0. The zero-order valence-electron chi connectivity index (χ0n) is 15.1. The SMILES string of the molecule is C[C@H](Nc1nccc(Nc2cc(C3CC3)[nH]n2)n1)c1ccc2c(c1)N=CC2. The van der Waals surface area contributed by atoms with Crippen molar-refractivity contribution in [2.75, 3.05) is 10.6 Å². The number of aliphatic imine (C=N–C) groups is 1. The average molecular weight is 359 g/mol. The minimum absolute atomic E-state index is 0.0770. The Morgan fingerprint density at radius 3 is 2.96 bits per heavy atom. The summed E-state index contributed by atoms with van der Waals surface area (Å²) in [6.45, 7) is 2.10. The molecule has 0 amide bonds. The smallest absolute Gasteiger partial charge is 0.225 e. The molecule has 0 spiro atoms. The van der Waals surface area contributed by atoms with E-state index >= 15 is 0 Å². The van der Waals surface area contributed by atoms with Gasteiger partial charge in [0, 0.05) is 36.5 Å². The lowest BCUT2D eigenvalue weighted by atomic mass is 10.0. The summed E-state index contributed by atoms with van der Waals surface area (Å²) in [4.78, 5) is 13.3. The molecule has 0 radical (unpaired) electrons. The van der Waals surface area contributed by atoms with Crippen LogP contribution in [0.3, 0.4) is 0 Å². The molecule has 1 aliphatic heterocycles. The zero-order chi connectivity index (χ0) is 18.2. The van der Waals surface area contributed by atoms with E-state index in [1.54, 1.807) is 6.20 Å². The number of benzene rings is 1. The molecule has 0 bridgehead atoms. The normalized spacial score (nSPS) is 16.2. The summed E-state index contributed by atoms with van der Waals surface area (Å²) in [5.74, 6) is 2.72. The minimum atomic E-state index is 0.0770. The lowest BCUT2D eigenvalue weighted by Crippen LogP contribution is -2.10. The van der Waals surface area contributed by atoms with Crippen LogP contribution in [0.2, 0.25) is 0 Å². The van der Waals surface area contributed by atoms with E-state index in [1.807, 2.05) is 12.3 Å². The maximum Gasteiger partial charge on any atom is 0.225 e. The Labute approximate surface area is 157 Å². The lowest BCUT2D eigenvalue weighted by molar-refractivity contribution is 0.860. The van der Waals surface area contributed by atoms with Crippen LogP contribution in [0.4, 0.5) is 23.3 Å². The van der Waals surface area contributed by atoms with Crippen molar-refractivity contribution in [1.29, 1.82) is 0 Å². The second-order valence-corrected chi connectivity index (χ2v) is 7.14. The number of anilines is 3. The summed E-state index contributed by atoms with van der Waals surface area (Å²) in [6, 6.07) is 10.4. The highest BCUT2D eigenvalue weighted by Gasteiger charge is 2.25. The summed E-state index contributed by atoms with van der Waals surface area (Å²) in [5, 5.41) is 14.0. The van der Waals surface area contributed by atoms with Gasteiger partial charge in [0.15, 0.2) is 5.82 Å². The van der Waals surface area contributed by atoms with Crippen molar-refractivity contribution in [2.45, 2.75) is 38.1 Å². The van der Waals surface area contributed by atoms with Gasteiger partial charge in [-0.3, -0.25) is 10.1 Å². The van der Waals surface area contributed by atoms with Gasteiger partial charge in [0.1, 0.15) is 5.82 Å². The van der Waals surface area contributed by atoms with Gasteiger partial charge in [-0.2, -0.15) is 10.1 Å². The molecule has 27 heavy (non-hydrogen) atoms. The maximum absolute atomic E-state index is 4.56. The van der Waals surface area contributed by atoms with E-state index in [0.29, 0.717) is 17.7 Å². The third kappa shape index (κ3) is 3.40. The van der Waals surface area contributed by atoms with Gasteiger partial charge in [-0.1, -0.05) is 12.1 Å². The highest BCUT2D eigenvalue weighted by atomic mass is 15.2. The van der Waals surface area contributed by atoms with Gasteiger partial charge < -0.3 is 10.6 Å². The fourth-order valence-corrected chi connectivity index (χ4v) is 3.30. The van der Waals surface area contributed by atoms with Crippen molar-refractivity contribution in [3.63, 3.8) is 0 Å². The predicted octanol–water partition coefficient (Wildman–Crippen LogP) is 4.25. The molecule has 2 aromatic heterocycles. The average Bonchev–Trinajstić information content (AvgIpc) is 3.23. The van der Waals surface area contributed by atoms with E-state index in [-0.39, 0.29) is 6.04 Å². The molecular weight excluding hydrogens is 338 g/mol. The Morgan fingerprint density at radius 2 is 2.07 bits per heavy atom. The number of nitrogens with one attached hydrogen (secondary N) is 3. The van der Waals surface area contributed by atoms with Gasteiger partial charge >= 0.3 is 0 Å². The van der Waals surface area contributed by atoms with Gasteiger partial charge in [-0.15, -0.1) is 0 Å². The molecule has 1 atom stereocenters. The molecule has 2 aliphatic rings. The number of rotatable bonds is 6. The van der Waals surface area contributed by atoms with Gasteiger partial charge in [0.25, 0.3) is 0 Å². The van der Waals surface area contributed by atoms with Crippen LogP contribution >= 0.6 is 0 Å². The van der Waals surface area contributed by atoms with Crippen molar-refractivity contribution in [3.05, 3.63) is 53.3 Å². The molecule has 0 unspecified atom stereocenters. The van der Waals surface area contributed by atoms with E-state index < -0.39 is 0 Å². The Kier molecular flexibility index (Phi) is 3.85. The lowest BCUT2D eigenvalue weighted by Gasteiger charge is -2.15. The first-order chi connectivity index (χ1) is 13.2. The molecule has 1 saturated carbocycles. The Bertz CT molecular complexity index is 1000. The van der Waals surface area contributed by atoms with E-state index in [0.717, 1.165) is 23.5 Å². The number of hydrogen-bond acceptors (Lipinski definition) is 6. The van der Waals surface area contributed by atoms with Crippen LogP contribution in [0.25, 0.3) is 0 Å². The molecule has 7 nitrogen and oxygen atoms in total. The van der Waals surface area contributed by atoms with Crippen LogP contribution in [0.15, 0.2) is 41.5 Å². The highest BCUT2D eigenvalue weighted by molar-refractivity contribution is 5.76. The quantitative estimate of drug-likeness (QED) is 0.612. The molecular formula is C20H21N7. The minimum Gasteiger partial charge on any atom is -0.348 e. The summed E-state index contributed by atoms with van der Waals surface area (Å²) in [5.41, 5.74) is 4.69. The topological polar surface area (TPSA) is 90.9 Å². The standard InChI is InChI=1S/C20H21N7/c1-12(15-5-4-14-6-8-21-16(14)10-15)23-20-22-9-7-18(25-20)24-19-11-17(26-27-19)13-2-3-13/h4-5,7-13H,2-3,6H2,1H3,(H3,22,23,24,25,26,27)/t12-/m0/s1. The van der Waals surface area contributed by atoms with Gasteiger partial charge in [0.2, 0.25) is 5.95 Å². The van der Waals surface area contributed by atoms with E-state index in [2.05, 4.69) is 67.0 Å². The van der Waals surface area contributed by atoms with E-state index in [4.69, 9.17) is 0 Å². The number of nitrogens with zero attached hydrogens (tertiary/aromatic N) is 4. The van der Waals surface area contributed by atoms with Gasteiger partial charge in [-0.05, 0) is 43.0 Å². The molecule has 0 saturated heterocycles. The van der Waals surface area contributed by atoms with E-state index in [9.17, 15) is 0 Å². The number of aromatic nitrogens is 4. The molecule has 1 aromatic carbocycles. The maximum atomic E-state index is 4.56. The number of aromatic amines is 1. The van der Waals surface area contributed by atoms with Crippen LogP contribution in [-0.2, 0) is 6.42 Å². The predicted molar refractivity (Wildman–Crippen MR) is 106 cm³/mol. The Balaban J connectivity index is 1.28. The number of H-pyrrole nitrogens is 1. The third-order valence-electron chi connectivity index (χ3n) is 5.02. The Morgan fingerprint density at radius 1 is 1.15 bits per heavy atom. The fraction of sp³-hybridized carbons (Fsp3) is 0.300. The fourth-order valence-electron chi connectivity index (χ4n) is 3.30. The number of hydrogen-bond donors (Lipinski definition) is 3. The van der Waals surface area contributed by atoms with Crippen LogP contribution in [0.5, 0.6) is 0 Å². The number of fused-ring (bicyclic) bond motifs is 1. The summed E-state index contributed by atoms with van der Waals surface area (Å²) < 4.78 is 0. The molecule has 7 heteroatoms. The van der Waals surface area contributed by atoms with Crippen molar-refractivity contribution < 1.29 is 0 Å². The van der Waals surface area contributed by atoms with Gasteiger partial charge in [0.05, 0.1) is 11.7 Å². The first-order valence-corrected chi connectivity index (χ1v) is 9.32. The molecule has 136 valence electrons. The third-order valence-corrected chi connectivity index (χ3v) is 5.02.